The molecule has 0 radical (unpaired) electrons. The average molecular weight is 256 g/mol. The van der Waals surface area contributed by atoms with E-state index in [2.05, 4.69) is 41.1 Å². The number of hydrogen-bond donors (Lipinski definition) is 1. The van der Waals surface area contributed by atoms with Crippen molar-refractivity contribution in [3.63, 3.8) is 0 Å². The van der Waals surface area contributed by atoms with E-state index in [1.807, 2.05) is 24.4 Å². The monoisotopic (exact) mass is 256 g/mol. The van der Waals surface area contributed by atoms with Crippen molar-refractivity contribution in [3.05, 3.63) is 47.5 Å². The number of likely N-dealkylation sites (N-methyl/N-ethyl adjacent to an activating group) is 1. The summed E-state index contributed by atoms with van der Waals surface area (Å²) in [7, 11) is 0. The maximum Gasteiger partial charge on any atom is 0.129 e. The highest BCUT2D eigenvalue weighted by Gasteiger charge is 2.50. The van der Waals surface area contributed by atoms with Gasteiger partial charge in [-0.2, -0.15) is 0 Å². The van der Waals surface area contributed by atoms with Crippen molar-refractivity contribution in [2.24, 2.45) is 10.7 Å². The summed E-state index contributed by atoms with van der Waals surface area (Å²) in [6.07, 6.45) is 13.3. The molecule has 0 aromatic carbocycles. The van der Waals surface area contributed by atoms with Gasteiger partial charge in [0.1, 0.15) is 5.54 Å². The topological polar surface area (TPSA) is 44.9 Å². The van der Waals surface area contributed by atoms with E-state index in [-0.39, 0.29) is 5.54 Å². The molecule has 2 heterocycles. The highest BCUT2D eigenvalue weighted by atomic mass is 15.7. The third-order valence-corrected chi connectivity index (χ3v) is 3.92. The van der Waals surface area contributed by atoms with Crippen molar-refractivity contribution >= 4 is 6.21 Å². The molecule has 1 spiro atoms. The largest absolute Gasteiger partial charge is 0.398 e. The molecular formula is C15H20N4. The molecule has 2 N–H and O–H groups in total. The first-order valence-corrected chi connectivity index (χ1v) is 6.90. The first kappa shape index (κ1) is 12.2. The molecule has 0 saturated carbocycles. The van der Waals surface area contributed by atoms with E-state index in [4.69, 9.17) is 5.73 Å². The van der Waals surface area contributed by atoms with Gasteiger partial charge in [0.05, 0.1) is 5.70 Å². The van der Waals surface area contributed by atoms with Crippen molar-refractivity contribution in [1.82, 2.24) is 10.0 Å². The molecule has 0 bridgehead atoms. The van der Waals surface area contributed by atoms with E-state index in [9.17, 15) is 0 Å². The predicted molar refractivity (Wildman–Crippen MR) is 78.2 cm³/mol. The van der Waals surface area contributed by atoms with Crippen LogP contribution < -0.4 is 5.73 Å². The summed E-state index contributed by atoms with van der Waals surface area (Å²) in [5, 5.41) is 4.63. The number of nitrogens with two attached hydrogens (primary N) is 1. The first-order valence-electron chi connectivity index (χ1n) is 6.90. The zero-order valence-electron chi connectivity index (χ0n) is 11.5. The second kappa shape index (κ2) is 4.38. The molecule has 19 heavy (non-hydrogen) atoms. The van der Waals surface area contributed by atoms with Crippen LogP contribution in [0.15, 0.2) is 52.5 Å². The maximum atomic E-state index is 6.21. The van der Waals surface area contributed by atoms with Crippen molar-refractivity contribution < 1.29 is 0 Å². The molecule has 0 saturated heterocycles. The minimum atomic E-state index is -0.294. The Morgan fingerprint density at radius 3 is 2.89 bits per heavy atom. The van der Waals surface area contributed by atoms with E-state index in [1.54, 1.807) is 0 Å². The van der Waals surface area contributed by atoms with Crippen LogP contribution in [0.1, 0.15) is 20.3 Å². The number of hydrazine groups is 1. The Kier molecular flexibility index (Phi) is 2.82. The van der Waals surface area contributed by atoms with Crippen LogP contribution >= 0.6 is 0 Å². The highest BCUT2D eigenvalue weighted by molar-refractivity contribution is 5.78. The Morgan fingerprint density at radius 1 is 1.32 bits per heavy atom. The van der Waals surface area contributed by atoms with Crippen molar-refractivity contribution in [2.75, 3.05) is 13.1 Å². The van der Waals surface area contributed by atoms with Gasteiger partial charge >= 0.3 is 0 Å². The van der Waals surface area contributed by atoms with Crippen LogP contribution in [-0.2, 0) is 0 Å². The third kappa shape index (κ3) is 1.53. The Balaban J connectivity index is 2.14. The second-order valence-corrected chi connectivity index (χ2v) is 5.00. The average Bonchev–Trinajstić information content (AvgIpc) is 2.73. The number of rotatable bonds is 3. The van der Waals surface area contributed by atoms with Gasteiger partial charge in [-0.05, 0) is 24.6 Å². The second-order valence-electron chi connectivity index (χ2n) is 5.00. The fourth-order valence-corrected chi connectivity index (χ4v) is 3.16. The molecule has 0 amide bonds. The van der Waals surface area contributed by atoms with Crippen LogP contribution in [-0.4, -0.2) is 34.9 Å². The number of dihydropyridines is 1. The summed E-state index contributed by atoms with van der Waals surface area (Å²) in [5.74, 6) is 0. The van der Waals surface area contributed by atoms with Crippen LogP contribution in [0.4, 0.5) is 0 Å². The van der Waals surface area contributed by atoms with Crippen LogP contribution in [0.3, 0.4) is 0 Å². The highest BCUT2D eigenvalue weighted by Crippen LogP contribution is 2.46. The molecule has 4 nitrogen and oxygen atoms in total. The number of allylic oxidation sites excluding steroid dienone is 3. The summed E-state index contributed by atoms with van der Waals surface area (Å²) >= 11 is 0. The lowest BCUT2D eigenvalue weighted by Gasteiger charge is -2.43. The molecule has 1 aliphatic carbocycles. The number of aliphatic imine (C=N–C) groups is 1. The molecule has 100 valence electrons. The predicted octanol–water partition coefficient (Wildman–Crippen LogP) is 1.95. The first-order chi connectivity index (χ1) is 9.24. The standard InChI is InChI=1S/C15H20N4/c1-3-10-18-11-12-13(16)6-7-14-15(12,19(18)4-2)8-5-9-17-14/h5-9,11H,3-4,10,16H2,1-2H3. The van der Waals surface area contributed by atoms with Gasteiger partial charge in [0.25, 0.3) is 0 Å². The van der Waals surface area contributed by atoms with Crippen LogP contribution in [0.2, 0.25) is 0 Å². The minimum Gasteiger partial charge on any atom is -0.398 e. The summed E-state index contributed by atoms with van der Waals surface area (Å²) < 4.78 is 0. The van der Waals surface area contributed by atoms with Crippen molar-refractivity contribution in [3.8, 4) is 0 Å². The molecule has 3 aliphatic rings. The lowest BCUT2D eigenvalue weighted by molar-refractivity contribution is 0.00223. The summed E-state index contributed by atoms with van der Waals surface area (Å²) in [4.78, 5) is 4.55. The molecule has 1 unspecified atom stereocenters. The molecule has 0 aromatic heterocycles. The van der Waals surface area contributed by atoms with E-state index >= 15 is 0 Å². The number of hydrogen-bond acceptors (Lipinski definition) is 4. The lowest BCUT2D eigenvalue weighted by atomic mass is 9.80. The van der Waals surface area contributed by atoms with Gasteiger partial charge in [0.15, 0.2) is 0 Å². The smallest absolute Gasteiger partial charge is 0.129 e. The third-order valence-electron chi connectivity index (χ3n) is 3.92. The van der Waals surface area contributed by atoms with Gasteiger partial charge in [-0.3, -0.25) is 4.99 Å². The molecule has 1 atom stereocenters. The zero-order chi connectivity index (χ0) is 13.5. The van der Waals surface area contributed by atoms with Gasteiger partial charge < -0.3 is 10.7 Å². The maximum absolute atomic E-state index is 6.21. The molecule has 0 aromatic rings. The van der Waals surface area contributed by atoms with E-state index in [0.717, 1.165) is 36.5 Å². The van der Waals surface area contributed by atoms with Gasteiger partial charge in [0.2, 0.25) is 0 Å². The molecule has 4 heteroatoms. The van der Waals surface area contributed by atoms with Gasteiger partial charge in [-0.15, -0.1) is 0 Å². The van der Waals surface area contributed by atoms with Crippen LogP contribution in [0.5, 0.6) is 0 Å². The summed E-state index contributed by atoms with van der Waals surface area (Å²) in [6, 6.07) is 0. The minimum absolute atomic E-state index is 0.294. The van der Waals surface area contributed by atoms with Gasteiger partial charge in [0, 0.05) is 36.8 Å². The van der Waals surface area contributed by atoms with Crippen LogP contribution in [0, 0.1) is 0 Å². The molecule has 2 aliphatic heterocycles. The van der Waals surface area contributed by atoms with Crippen molar-refractivity contribution in [2.45, 2.75) is 25.8 Å². The fourth-order valence-electron chi connectivity index (χ4n) is 3.16. The van der Waals surface area contributed by atoms with Crippen molar-refractivity contribution in [1.29, 1.82) is 0 Å². The summed E-state index contributed by atoms with van der Waals surface area (Å²) in [6.45, 7) is 6.28. The van der Waals surface area contributed by atoms with Crippen LogP contribution in [0.25, 0.3) is 0 Å². The molecule has 3 rings (SSSR count). The zero-order valence-corrected chi connectivity index (χ0v) is 11.5. The normalized spacial score (nSPS) is 28.7. The Labute approximate surface area is 114 Å². The Morgan fingerprint density at radius 2 is 2.16 bits per heavy atom. The summed E-state index contributed by atoms with van der Waals surface area (Å²) in [5.41, 5.74) is 8.95. The lowest BCUT2D eigenvalue weighted by Crippen LogP contribution is -2.53. The quantitative estimate of drug-likeness (QED) is 0.839. The van der Waals surface area contributed by atoms with E-state index in [1.165, 1.54) is 0 Å². The van der Waals surface area contributed by atoms with E-state index < -0.39 is 0 Å². The number of nitrogens with zero attached hydrogens (tertiary/aromatic N) is 3. The molecule has 0 fully saturated rings. The Hall–Kier alpha value is -1.81. The fraction of sp³-hybridized carbons (Fsp3) is 0.400. The Bertz CT molecular complexity index is 538. The van der Waals surface area contributed by atoms with Gasteiger partial charge in [-0.1, -0.05) is 19.9 Å². The molecular weight excluding hydrogens is 236 g/mol. The SMILES string of the molecule is CCCN1C=C2C(N)=CC=C3N=CC=CC32N1CC. The van der Waals surface area contributed by atoms with E-state index in [0.29, 0.717) is 0 Å². The van der Waals surface area contributed by atoms with Gasteiger partial charge in [-0.25, -0.2) is 5.01 Å².